The van der Waals surface area contributed by atoms with Crippen LogP contribution in [0, 0.1) is 24.7 Å². The molecule has 0 aromatic carbocycles. The first-order chi connectivity index (χ1) is 11.5. The van der Waals surface area contributed by atoms with Gasteiger partial charge in [0.1, 0.15) is 5.82 Å². The maximum absolute atomic E-state index is 6.36. The molecule has 0 N–H and O–H groups in total. The van der Waals surface area contributed by atoms with E-state index in [1.165, 1.54) is 25.7 Å². The van der Waals surface area contributed by atoms with Crippen molar-refractivity contribution in [2.75, 3.05) is 38.7 Å². The van der Waals surface area contributed by atoms with E-state index in [1.807, 2.05) is 18.7 Å². The number of hydrogen-bond acceptors (Lipinski definition) is 5. The van der Waals surface area contributed by atoms with Crippen LogP contribution in [-0.4, -0.2) is 65.6 Å². The zero-order chi connectivity index (χ0) is 16.8. The Hall–Kier alpha value is -1.14. The maximum atomic E-state index is 6.36. The molecule has 4 rings (SSSR count). The molecule has 3 aliphatic rings. The Morgan fingerprint density at radius 1 is 1.17 bits per heavy atom. The number of aromatic nitrogens is 3. The molecule has 134 valence electrons. The van der Waals surface area contributed by atoms with Crippen LogP contribution in [0.15, 0.2) is 0 Å². The summed E-state index contributed by atoms with van der Waals surface area (Å²) in [5.74, 6) is 4.20. The average Bonchev–Trinajstić information content (AvgIpc) is 3.17. The molecule has 6 heteroatoms. The lowest BCUT2D eigenvalue weighted by Gasteiger charge is -2.41. The Morgan fingerprint density at radius 2 is 1.88 bits per heavy atom. The number of rotatable bonds is 5. The van der Waals surface area contributed by atoms with Crippen molar-refractivity contribution in [1.29, 1.82) is 0 Å². The van der Waals surface area contributed by atoms with Crippen molar-refractivity contribution in [3.8, 4) is 0 Å². The van der Waals surface area contributed by atoms with Gasteiger partial charge in [0.2, 0.25) is 5.95 Å². The standard InChI is InChI=1S/C18H31N5O/c1-12-19-18(22(4)20-12)23-9-14-7-16(21(2)3)17(8-15(14)10-23)24-11-13-5-6-13/h13-17H,5-11H2,1-4H3/t14-,15+,16-,17-/m1/s1. The molecule has 2 heterocycles. The molecule has 24 heavy (non-hydrogen) atoms. The first-order valence-corrected chi connectivity index (χ1v) is 9.42. The lowest BCUT2D eigenvalue weighted by molar-refractivity contribution is -0.0493. The van der Waals surface area contributed by atoms with Crippen molar-refractivity contribution in [3.05, 3.63) is 5.82 Å². The van der Waals surface area contributed by atoms with Gasteiger partial charge in [-0.15, -0.1) is 0 Å². The topological polar surface area (TPSA) is 46.4 Å². The highest BCUT2D eigenvalue weighted by Crippen LogP contribution is 2.41. The molecule has 2 aliphatic carbocycles. The second-order valence-electron chi connectivity index (χ2n) is 8.33. The van der Waals surface area contributed by atoms with Crippen molar-refractivity contribution in [2.24, 2.45) is 24.8 Å². The fraction of sp³-hybridized carbons (Fsp3) is 0.889. The van der Waals surface area contributed by atoms with Crippen molar-refractivity contribution in [1.82, 2.24) is 19.7 Å². The summed E-state index contributed by atoms with van der Waals surface area (Å²) in [4.78, 5) is 9.44. The predicted molar refractivity (Wildman–Crippen MR) is 94.1 cm³/mol. The zero-order valence-electron chi connectivity index (χ0n) is 15.5. The molecule has 3 fully saturated rings. The second-order valence-corrected chi connectivity index (χ2v) is 8.33. The molecule has 4 atom stereocenters. The lowest BCUT2D eigenvalue weighted by atomic mass is 9.77. The normalized spacial score (nSPS) is 33.3. The summed E-state index contributed by atoms with van der Waals surface area (Å²) in [6.07, 6.45) is 5.55. The van der Waals surface area contributed by atoms with Crippen molar-refractivity contribution in [2.45, 2.75) is 44.8 Å². The summed E-state index contributed by atoms with van der Waals surface area (Å²) in [5.41, 5.74) is 0. The van der Waals surface area contributed by atoms with E-state index in [0.29, 0.717) is 12.1 Å². The Kier molecular flexibility index (Phi) is 4.29. The van der Waals surface area contributed by atoms with E-state index in [0.717, 1.165) is 49.2 Å². The first kappa shape index (κ1) is 16.3. The van der Waals surface area contributed by atoms with Crippen molar-refractivity contribution >= 4 is 5.95 Å². The van der Waals surface area contributed by atoms with Crippen LogP contribution in [0.25, 0.3) is 0 Å². The highest BCUT2D eigenvalue weighted by atomic mass is 16.5. The van der Waals surface area contributed by atoms with Gasteiger partial charge < -0.3 is 14.5 Å². The van der Waals surface area contributed by atoms with Gasteiger partial charge in [0.05, 0.1) is 6.10 Å². The Labute approximate surface area is 145 Å². The predicted octanol–water partition coefficient (Wildman–Crippen LogP) is 1.70. The minimum absolute atomic E-state index is 0.392. The molecular weight excluding hydrogens is 302 g/mol. The number of hydrogen-bond donors (Lipinski definition) is 0. The van der Waals surface area contributed by atoms with Gasteiger partial charge in [-0.25, -0.2) is 4.68 Å². The van der Waals surface area contributed by atoms with Gasteiger partial charge in [0.25, 0.3) is 0 Å². The molecule has 0 amide bonds. The van der Waals surface area contributed by atoms with E-state index in [4.69, 9.17) is 4.74 Å². The third-order valence-corrected chi connectivity index (χ3v) is 6.12. The summed E-state index contributed by atoms with van der Waals surface area (Å²) in [7, 11) is 6.41. The summed E-state index contributed by atoms with van der Waals surface area (Å²) < 4.78 is 8.29. The Bertz CT molecular complexity index is 582. The molecule has 2 saturated carbocycles. The molecule has 0 radical (unpaired) electrons. The van der Waals surface area contributed by atoms with Gasteiger partial charge in [0, 0.05) is 32.8 Å². The molecule has 6 nitrogen and oxygen atoms in total. The molecular formula is C18H31N5O. The summed E-state index contributed by atoms with van der Waals surface area (Å²) in [5, 5.41) is 4.42. The number of aryl methyl sites for hydroxylation is 2. The molecule has 1 aliphatic heterocycles. The summed E-state index contributed by atoms with van der Waals surface area (Å²) in [6.45, 7) is 5.14. The Morgan fingerprint density at radius 3 is 2.46 bits per heavy atom. The van der Waals surface area contributed by atoms with Gasteiger partial charge in [-0.05, 0) is 64.5 Å². The van der Waals surface area contributed by atoms with Crippen LogP contribution >= 0.6 is 0 Å². The highest BCUT2D eigenvalue weighted by Gasteiger charge is 2.44. The lowest BCUT2D eigenvalue weighted by Crippen LogP contribution is -2.48. The first-order valence-electron chi connectivity index (χ1n) is 9.42. The van der Waals surface area contributed by atoms with Crippen LogP contribution in [0.1, 0.15) is 31.5 Å². The highest BCUT2D eigenvalue weighted by molar-refractivity contribution is 5.33. The fourth-order valence-corrected chi connectivity index (χ4v) is 4.60. The number of anilines is 1. The molecule has 0 bridgehead atoms. The van der Waals surface area contributed by atoms with Crippen LogP contribution < -0.4 is 4.90 Å². The van der Waals surface area contributed by atoms with Crippen molar-refractivity contribution < 1.29 is 4.74 Å². The van der Waals surface area contributed by atoms with Gasteiger partial charge in [-0.2, -0.15) is 10.1 Å². The van der Waals surface area contributed by atoms with E-state index >= 15 is 0 Å². The number of nitrogens with zero attached hydrogens (tertiary/aromatic N) is 5. The van der Waals surface area contributed by atoms with Crippen LogP contribution in [0.3, 0.4) is 0 Å². The number of ether oxygens (including phenoxy) is 1. The summed E-state index contributed by atoms with van der Waals surface area (Å²) in [6, 6.07) is 0.547. The minimum atomic E-state index is 0.392. The number of fused-ring (bicyclic) bond motifs is 1. The zero-order valence-corrected chi connectivity index (χ0v) is 15.5. The molecule has 1 saturated heterocycles. The van der Waals surface area contributed by atoms with Gasteiger partial charge in [0.15, 0.2) is 0 Å². The Balaban J connectivity index is 1.45. The van der Waals surface area contributed by atoms with Crippen LogP contribution in [0.2, 0.25) is 0 Å². The third-order valence-electron chi connectivity index (χ3n) is 6.12. The third kappa shape index (κ3) is 3.18. The van der Waals surface area contributed by atoms with Gasteiger partial charge in [-0.1, -0.05) is 0 Å². The molecule has 1 aromatic heterocycles. The SMILES string of the molecule is Cc1nc(N2C[C@H]3C[C@@H](N(C)C)[C@H](OCC4CC4)C[C@H]3C2)n(C)n1. The smallest absolute Gasteiger partial charge is 0.223 e. The quantitative estimate of drug-likeness (QED) is 0.821. The van der Waals surface area contributed by atoms with Crippen molar-refractivity contribution in [3.63, 3.8) is 0 Å². The molecule has 1 aromatic rings. The number of likely N-dealkylation sites (N-methyl/N-ethyl adjacent to an activating group) is 1. The van der Waals surface area contributed by atoms with E-state index in [9.17, 15) is 0 Å². The van der Waals surface area contributed by atoms with Crippen LogP contribution in [-0.2, 0) is 11.8 Å². The van der Waals surface area contributed by atoms with E-state index < -0.39 is 0 Å². The van der Waals surface area contributed by atoms with Crippen LogP contribution in [0.5, 0.6) is 0 Å². The summed E-state index contributed by atoms with van der Waals surface area (Å²) >= 11 is 0. The second kappa shape index (κ2) is 6.30. The average molecular weight is 333 g/mol. The van der Waals surface area contributed by atoms with E-state index in [-0.39, 0.29) is 0 Å². The van der Waals surface area contributed by atoms with E-state index in [1.54, 1.807) is 0 Å². The van der Waals surface area contributed by atoms with E-state index in [2.05, 4.69) is 34.0 Å². The minimum Gasteiger partial charge on any atom is -0.376 e. The van der Waals surface area contributed by atoms with Gasteiger partial charge >= 0.3 is 0 Å². The fourth-order valence-electron chi connectivity index (χ4n) is 4.60. The van der Waals surface area contributed by atoms with Gasteiger partial charge in [-0.3, -0.25) is 0 Å². The molecule has 0 unspecified atom stereocenters. The molecule has 0 spiro atoms. The monoisotopic (exact) mass is 333 g/mol. The van der Waals surface area contributed by atoms with Crippen LogP contribution in [0.4, 0.5) is 5.95 Å². The maximum Gasteiger partial charge on any atom is 0.223 e. The largest absolute Gasteiger partial charge is 0.376 e.